The smallest absolute Gasteiger partial charge is 0.239 e. The Morgan fingerprint density at radius 2 is 1.81 bits per heavy atom. The zero-order valence-corrected chi connectivity index (χ0v) is 17.9. The summed E-state index contributed by atoms with van der Waals surface area (Å²) in [4.78, 5) is 22.2. The number of hydrogen-bond acceptors (Lipinski definition) is 4. The lowest BCUT2D eigenvalue weighted by Crippen LogP contribution is -3.06. The van der Waals surface area contributed by atoms with E-state index < -0.39 is 0 Å². The second-order valence-corrected chi connectivity index (χ2v) is 9.00. The van der Waals surface area contributed by atoms with Crippen molar-refractivity contribution >= 4 is 44.4 Å². The summed E-state index contributed by atoms with van der Waals surface area (Å²) in [5, 5.41) is 0.808. The van der Waals surface area contributed by atoms with Crippen LogP contribution in [0.25, 0.3) is 10.2 Å². The van der Waals surface area contributed by atoms with Crippen LogP contribution in [0.5, 0.6) is 0 Å². The van der Waals surface area contributed by atoms with Gasteiger partial charge in [0.15, 0.2) is 5.13 Å². The molecule has 0 saturated heterocycles. The third-order valence-electron chi connectivity index (χ3n) is 4.40. The number of carbonyl (C=O) groups is 1. The van der Waals surface area contributed by atoms with E-state index in [4.69, 9.17) is 4.98 Å². The quantitative estimate of drug-likeness (QED) is 0.619. The van der Waals surface area contributed by atoms with Gasteiger partial charge in [-0.15, -0.1) is 11.8 Å². The molecule has 0 atom stereocenters. The van der Waals surface area contributed by atoms with E-state index in [2.05, 4.69) is 40.1 Å². The molecule has 1 heterocycles. The van der Waals surface area contributed by atoms with Crippen LogP contribution in [-0.4, -0.2) is 43.8 Å². The Morgan fingerprint density at radius 3 is 2.48 bits per heavy atom. The van der Waals surface area contributed by atoms with Crippen molar-refractivity contribution in [3.63, 3.8) is 0 Å². The van der Waals surface area contributed by atoms with Gasteiger partial charge in [0.25, 0.3) is 0 Å². The van der Waals surface area contributed by atoms with Crippen LogP contribution >= 0.6 is 23.1 Å². The number of likely N-dealkylation sites (N-methyl/N-ethyl adjacent to an activating group) is 1. The fourth-order valence-electron chi connectivity index (χ4n) is 2.77. The Balaban J connectivity index is 1.85. The van der Waals surface area contributed by atoms with E-state index in [9.17, 15) is 4.79 Å². The van der Waals surface area contributed by atoms with Crippen LogP contribution in [0.3, 0.4) is 0 Å². The van der Waals surface area contributed by atoms with E-state index in [0.717, 1.165) is 27.7 Å². The van der Waals surface area contributed by atoms with Crippen molar-refractivity contribution in [3.05, 3.63) is 53.6 Å². The molecule has 142 valence electrons. The average molecular weight is 401 g/mol. The third kappa shape index (κ3) is 4.89. The Labute approximate surface area is 169 Å². The molecule has 0 saturated carbocycles. The molecule has 1 aromatic heterocycles. The number of nitrogens with zero attached hydrogens (tertiary/aromatic N) is 2. The maximum Gasteiger partial charge on any atom is 0.239 e. The molecule has 1 amide bonds. The number of fused-ring (bicyclic) bond motifs is 1. The SMILES string of the molecule is Cc1ccc(C)c2sc(N(CC[NH+](C)C)C(=O)CSc3ccccc3)nc12. The highest BCUT2D eigenvalue weighted by Crippen LogP contribution is 2.33. The monoisotopic (exact) mass is 400 g/mol. The number of rotatable bonds is 7. The molecule has 2 aromatic carbocycles. The van der Waals surface area contributed by atoms with Crippen LogP contribution in [0, 0.1) is 13.8 Å². The van der Waals surface area contributed by atoms with Gasteiger partial charge in [-0.25, -0.2) is 4.98 Å². The van der Waals surface area contributed by atoms with Crippen LogP contribution in [-0.2, 0) is 4.79 Å². The molecule has 0 aliphatic heterocycles. The van der Waals surface area contributed by atoms with Gasteiger partial charge in [-0.3, -0.25) is 9.69 Å². The zero-order chi connectivity index (χ0) is 19.4. The maximum atomic E-state index is 13.0. The van der Waals surface area contributed by atoms with Crippen LogP contribution in [0.1, 0.15) is 11.1 Å². The van der Waals surface area contributed by atoms with Crippen molar-refractivity contribution in [1.82, 2.24) is 4.98 Å². The fourth-order valence-corrected chi connectivity index (χ4v) is 4.72. The molecule has 0 unspecified atom stereocenters. The molecule has 0 aliphatic rings. The molecule has 0 fully saturated rings. The predicted octanol–water partition coefficient (Wildman–Crippen LogP) is 3.18. The normalized spacial score (nSPS) is 11.3. The maximum absolute atomic E-state index is 13.0. The van der Waals surface area contributed by atoms with Crippen LogP contribution < -0.4 is 9.80 Å². The lowest BCUT2D eigenvalue weighted by Gasteiger charge is -2.20. The highest BCUT2D eigenvalue weighted by molar-refractivity contribution is 8.00. The molecule has 0 aliphatic carbocycles. The summed E-state index contributed by atoms with van der Waals surface area (Å²) in [6.07, 6.45) is 0. The van der Waals surface area contributed by atoms with Gasteiger partial charge in [0, 0.05) is 4.90 Å². The second-order valence-electron chi connectivity index (χ2n) is 6.98. The molecule has 4 nitrogen and oxygen atoms in total. The molecular formula is C21H26N3OS2+. The van der Waals surface area contributed by atoms with Gasteiger partial charge < -0.3 is 4.90 Å². The molecule has 6 heteroatoms. The number of thioether (sulfide) groups is 1. The summed E-state index contributed by atoms with van der Waals surface area (Å²) in [5.74, 6) is 0.528. The summed E-state index contributed by atoms with van der Waals surface area (Å²) in [6, 6.07) is 14.3. The summed E-state index contributed by atoms with van der Waals surface area (Å²) >= 11 is 3.20. The minimum atomic E-state index is 0.111. The van der Waals surface area contributed by atoms with Crippen molar-refractivity contribution in [1.29, 1.82) is 0 Å². The number of benzene rings is 2. The highest BCUT2D eigenvalue weighted by Gasteiger charge is 2.21. The van der Waals surface area contributed by atoms with Crippen molar-refractivity contribution in [2.24, 2.45) is 0 Å². The largest absolute Gasteiger partial charge is 0.338 e. The summed E-state index contributed by atoms with van der Waals surface area (Å²) in [7, 11) is 4.21. The average Bonchev–Trinajstić information content (AvgIpc) is 3.10. The van der Waals surface area contributed by atoms with Gasteiger partial charge >= 0.3 is 0 Å². The van der Waals surface area contributed by atoms with Crippen molar-refractivity contribution in [2.45, 2.75) is 18.7 Å². The Kier molecular flexibility index (Phi) is 6.52. The standard InChI is InChI=1S/C21H25N3OS2/c1-15-10-11-16(2)20-19(15)22-21(27-20)24(13-12-23(3)4)18(25)14-26-17-8-6-5-7-9-17/h5-11H,12-14H2,1-4H3/p+1. The van der Waals surface area contributed by atoms with Gasteiger partial charge in [-0.2, -0.15) is 0 Å². The van der Waals surface area contributed by atoms with Crippen LogP contribution in [0.4, 0.5) is 5.13 Å². The molecule has 27 heavy (non-hydrogen) atoms. The van der Waals surface area contributed by atoms with Gasteiger partial charge in [0.1, 0.15) is 0 Å². The number of carbonyl (C=O) groups excluding carboxylic acids is 1. The molecule has 0 bridgehead atoms. The Bertz CT molecular complexity index is 883. The summed E-state index contributed by atoms with van der Waals surface area (Å²) in [6.45, 7) is 5.74. The Hall–Kier alpha value is -1.89. The first kappa shape index (κ1) is 19.9. The van der Waals surface area contributed by atoms with Crippen molar-refractivity contribution in [3.8, 4) is 0 Å². The molecule has 3 rings (SSSR count). The van der Waals surface area contributed by atoms with E-state index in [-0.39, 0.29) is 5.91 Å². The minimum absolute atomic E-state index is 0.111. The topological polar surface area (TPSA) is 37.6 Å². The van der Waals surface area contributed by atoms with E-state index in [0.29, 0.717) is 12.3 Å². The molecule has 0 spiro atoms. The number of quaternary nitrogens is 1. The van der Waals surface area contributed by atoms with Crippen molar-refractivity contribution < 1.29 is 9.69 Å². The zero-order valence-electron chi connectivity index (χ0n) is 16.3. The number of nitrogens with one attached hydrogen (secondary N) is 1. The molecule has 0 radical (unpaired) electrons. The van der Waals surface area contributed by atoms with E-state index in [1.54, 1.807) is 23.1 Å². The van der Waals surface area contributed by atoms with E-state index >= 15 is 0 Å². The minimum Gasteiger partial charge on any atom is -0.338 e. The molecule has 3 aromatic rings. The number of hydrogen-bond donors (Lipinski definition) is 1. The number of aromatic nitrogens is 1. The van der Waals surface area contributed by atoms with Crippen molar-refractivity contribution in [2.75, 3.05) is 37.8 Å². The Morgan fingerprint density at radius 1 is 1.11 bits per heavy atom. The lowest BCUT2D eigenvalue weighted by molar-refractivity contribution is -0.856. The molecular weight excluding hydrogens is 374 g/mol. The first-order valence-corrected chi connectivity index (χ1v) is 10.9. The van der Waals surface area contributed by atoms with E-state index in [1.165, 1.54) is 15.2 Å². The van der Waals surface area contributed by atoms with Crippen LogP contribution in [0.2, 0.25) is 0 Å². The fraction of sp³-hybridized carbons (Fsp3) is 0.333. The third-order valence-corrected chi connectivity index (χ3v) is 6.61. The second kappa shape index (κ2) is 8.87. The van der Waals surface area contributed by atoms with Crippen LogP contribution in [0.15, 0.2) is 47.4 Å². The summed E-state index contributed by atoms with van der Waals surface area (Å²) in [5.41, 5.74) is 3.38. The highest BCUT2D eigenvalue weighted by atomic mass is 32.2. The number of anilines is 1. The van der Waals surface area contributed by atoms with Gasteiger partial charge in [-0.05, 0) is 37.1 Å². The first-order valence-electron chi connectivity index (χ1n) is 9.09. The van der Waals surface area contributed by atoms with Gasteiger partial charge in [-0.1, -0.05) is 41.7 Å². The first-order chi connectivity index (χ1) is 13.0. The van der Waals surface area contributed by atoms with Gasteiger partial charge in [0.2, 0.25) is 5.91 Å². The predicted molar refractivity (Wildman–Crippen MR) is 116 cm³/mol. The van der Waals surface area contributed by atoms with E-state index in [1.807, 2.05) is 35.2 Å². The number of amides is 1. The summed E-state index contributed by atoms with van der Waals surface area (Å²) < 4.78 is 1.18. The number of thiazole rings is 1. The lowest BCUT2D eigenvalue weighted by atomic mass is 10.1. The molecule has 1 N–H and O–H groups in total. The van der Waals surface area contributed by atoms with Gasteiger partial charge in [0.05, 0.1) is 43.2 Å². The number of aryl methyl sites for hydroxylation is 2.